The van der Waals surface area contributed by atoms with Crippen molar-refractivity contribution in [3.05, 3.63) is 119 Å². The van der Waals surface area contributed by atoms with Crippen LogP contribution in [0, 0.1) is 11.7 Å². The van der Waals surface area contributed by atoms with E-state index >= 15 is 0 Å². The van der Waals surface area contributed by atoms with Crippen LogP contribution in [0.2, 0.25) is 5.02 Å². The van der Waals surface area contributed by atoms with Gasteiger partial charge >= 0.3 is 0 Å². The molecule has 392 valence electrons. The van der Waals surface area contributed by atoms with Crippen molar-refractivity contribution in [1.29, 1.82) is 0 Å². The van der Waals surface area contributed by atoms with Crippen LogP contribution in [0.4, 0.5) is 21.8 Å². The number of likely N-dealkylation sites (tertiary alicyclic amines) is 2. The third-order valence-electron chi connectivity index (χ3n) is 16.4. The van der Waals surface area contributed by atoms with Gasteiger partial charge in [0, 0.05) is 73.6 Å². The summed E-state index contributed by atoms with van der Waals surface area (Å²) in [5.41, 5.74) is 13.8. The number of halogens is 2. The third kappa shape index (κ3) is 10.2. The van der Waals surface area contributed by atoms with Crippen LogP contribution in [0.25, 0.3) is 22.4 Å². The first kappa shape index (κ1) is 50.3. The van der Waals surface area contributed by atoms with Crippen LogP contribution in [0.5, 0.6) is 11.5 Å². The molecule has 3 aromatic heterocycles. The van der Waals surface area contributed by atoms with Gasteiger partial charge in [-0.3, -0.25) is 9.59 Å². The first-order valence-corrected chi connectivity index (χ1v) is 26.7. The van der Waals surface area contributed by atoms with Crippen LogP contribution in [-0.2, 0) is 9.59 Å². The molecule has 7 heterocycles. The van der Waals surface area contributed by atoms with Gasteiger partial charge in [-0.25, -0.2) is 14.4 Å². The number of aromatic nitrogens is 5. The zero-order chi connectivity index (χ0) is 51.9. The molecule has 4 saturated heterocycles. The fourth-order valence-electron chi connectivity index (χ4n) is 12.4. The SMILES string of the molecule is CC(C)[C@@H](C(=O)N1C[C@H](O)C[C@H]1C(=O)NOc1ccc(-c2ccccc2F)cc1)c1onc(C2CCC(N3CCC(c4cnc(N5C6CCC5CN(c5cc(-c7ccccc7O)nnc5N)C6)nc4)CC3)CC2)c1Cl. The molecule has 0 spiro atoms. The number of β-amino-alcohol motifs (C(OH)–C–C–N with tert-alkyl or cyclic N) is 1. The lowest BCUT2D eigenvalue weighted by atomic mass is 9.81. The third-order valence-corrected chi connectivity index (χ3v) is 16.7. The number of nitrogens with two attached hydrogens (primary N) is 1. The molecule has 2 bridgehead atoms. The highest BCUT2D eigenvalue weighted by atomic mass is 35.5. The van der Waals surface area contributed by atoms with Crippen molar-refractivity contribution in [1.82, 2.24) is 40.6 Å². The van der Waals surface area contributed by atoms with Gasteiger partial charge in [-0.1, -0.05) is 73.1 Å². The smallest absolute Gasteiger partial charge is 0.275 e. The number of benzene rings is 3. The van der Waals surface area contributed by atoms with Crippen molar-refractivity contribution in [3.8, 4) is 33.9 Å². The number of nitrogen functional groups attached to an aromatic ring is 1. The monoisotopic (exact) mass is 1040 g/mol. The molecule has 3 aromatic carbocycles. The molecule has 4 aliphatic heterocycles. The van der Waals surface area contributed by atoms with E-state index in [0.29, 0.717) is 56.6 Å². The number of anilines is 3. The highest BCUT2D eigenvalue weighted by Gasteiger charge is 2.46. The Bertz CT molecular complexity index is 2990. The Labute approximate surface area is 440 Å². The molecule has 1 saturated carbocycles. The lowest BCUT2D eigenvalue weighted by Crippen LogP contribution is -2.54. The number of hydrogen-bond donors (Lipinski definition) is 4. The van der Waals surface area contributed by atoms with Gasteiger partial charge in [0.2, 0.25) is 11.9 Å². The Morgan fingerprint density at radius 1 is 0.840 bits per heavy atom. The Hall–Kier alpha value is -6.89. The van der Waals surface area contributed by atoms with E-state index in [1.54, 1.807) is 54.6 Å². The summed E-state index contributed by atoms with van der Waals surface area (Å²) in [6.07, 6.45) is 11.1. The highest BCUT2D eigenvalue weighted by Crippen LogP contribution is 2.44. The molecule has 5 fully saturated rings. The average molecular weight is 1040 g/mol. The minimum Gasteiger partial charge on any atom is -0.507 e. The molecule has 5 atom stereocenters. The standard InChI is InChI=1S/C56H63ClFN11O6/c1-32(2)49(55(73)68-31-40(70)25-47(68)54(72)65-74-41-19-13-34(14-20-41)42-7-3-5-9-44(42)58)52-50(57)51(64-75-52)35-11-15-37(16-12-35)66-23-21-33(22-24-66)36-27-60-56(61-28-36)69-38-17-18-39(69)30-67(29-38)46-26-45(62-63-53(46)59)43-8-4-6-10-48(43)71/h3-10,13-14,19-20,26-28,32-33,35,37-40,47,49,70-71H,11-12,15-18,21-25,29-31H2,1-2H3,(H2,59,63)(H,65,72)/t35?,37?,38?,39?,40-,47+,49-/m1/s1. The predicted molar refractivity (Wildman–Crippen MR) is 281 cm³/mol. The molecule has 19 heteroatoms. The fourth-order valence-corrected chi connectivity index (χ4v) is 12.7. The second kappa shape index (κ2) is 21.4. The van der Waals surface area contributed by atoms with Crippen molar-refractivity contribution in [2.45, 2.75) is 120 Å². The number of rotatable bonds is 13. The second-order valence-electron chi connectivity index (χ2n) is 21.3. The summed E-state index contributed by atoms with van der Waals surface area (Å²) in [5.74, 6) is -0.0381. The average Bonchev–Trinajstić information content (AvgIpc) is 4.10. The second-order valence-corrected chi connectivity index (χ2v) is 21.7. The number of piperazine rings is 1. The molecule has 1 aliphatic carbocycles. The van der Waals surface area contributed by atoms with E-state index in [0.717, 1.165) is 89.2 Å². The fraction of sp³-hybridized carbons (Fsp3) is 0.446. The minimum absolute atomic E-state index is 0.0335. The van der Waals surface area contributed by atoms with Crippen molar-refractivity contribution in [3.63, 3.8) is 0 Å². The summed E-state index contributed by atoms with van der Waals surface area (Å²) in [7, 11) is 0. The quantitative estimate of drug-likeness (QED) is 0.0802. The van der Waals surface area contributed by atoms with Crippen LogP contribution in [0.1, 0.15) is 106 Å². The zero-order valence-corrected chi connectivity index (χ0v) is 42.9. The number of phenols is 1. The molecule has 2 unspecified atom stereocenters. The van der Waals surface area contributed by atoms with Crippen LogP contribution in [0.3, 0.4) is 0 Å². The molecule has 6 aromatic rings. The van der Waals surface area contributed by atoms with Crippen LogP contribution >= 0.6 is 11.6 Å². The maximum absolute atomic E-state index is 14.4. The van der Waals surface area contributed by atoms with Gasteiger partial charge in [0.1, 0.15) is 34.2 Å². The van der Waals surface area contributed by atoms with E-state index in [1.165, 1.54) is 16.5 Å². The van der Waals surface area contributed by atoms with Gasteiger partial charge in [0.15, 0.2) is 17.3 Å². The van der Waals surface area contributed by atoms with Crippen molar-refractivity contribution in [2.24, 2.45) is 5.92 Å². The number of nitrogens with one attached hydrogen (secondary N) is 1. The van der Waals surface area contributed by atoms with E-state index < -0.39 is 24.0 Å². The van der Waals surface area contributed by atoms with Crippen LogP contribution < -0.4 is 25.9 Å². The van der Waals surface area contributed by atoms with Crippen molar-refractivity contribution in [2.75, 3.05) is 48.3 Å². The number of amides is 2. The topological polar surface area (TPSA) is 212 Å². The molecular weight excluding hydrogens is 977 g/mol. The minimum atomic E-state index is -0.998. The summed E-state index contributed by atoms with van der Waals surface area (Å²) in [6, 6.07) is 22.0. The van der Waals surface area contributed by atoms with Crippen molar-refractivity contribution < 1.29 is 33.6 Å². The zero-order valence-electron chi connectivity index (χ0n) is 42.1. The number of aliphatic hydroxyl groups is 1. The summed E-state index contributed by atoms with van der Waals surface area (Å²) in [5, 5.41) is 34.6. The van der Waals surface area contributed by atoms with E-state index in [2.05, 4.69) is 35.5 Å². The number of para-hydroxylation sites is 1. The molecule has 75 heavy (non-hydrogen) atoms. The molecule has 5 N–H and O–H groups in total. The largest absolute Gasteiger partial charge is 0.507 e. The first-order valence-electron chi connectivity index (χ1n) is 26.3. The normalized spacial score (nSPS) is 23.7. The number of aromatic hydroxyl groups is 1. The summed E-state index contributed by atoms with van der Waals surface area (Å²) < 4.78 is 20.3. The van der Waals surface area contributed by atoms with Crippen LogP contribution in [-0.4, -0.2) is 120 Å². The van der Waals surface area contributed by atoms with Gasteiger partial charge in [-0.05, 0) is 124 Å². The Balaban J connectivity index is 0.661. The van der Waals surface area contributed by atoms with Gasteiger partial charge in [0.25, 0.3) is 5.91 Å². The lowest BCUT2D eigenvalue weighted by molar-refractivity contribution is -0.143. The highest BCUT2D eigenvalue weighted by molar-refractivity contribution is 6.32. The van der Waals surface area contributed by atoms with E-state index in [4.69, 9.17) is 36.7 Å². The Morgan fingerprint density at radius 3 is 2.19 bits per heavy atom. The summed E-state index contributed by atoms with van der Waals surface area (Å²) >= 11 is 7.11. The number of hydrogen-bond acceptors (Lipinski definition) is 15. The van der Waals surface area contributed by atoms with Gasteiger partial charge in [-0.15, -0.1) is 10.2 Å². The number of fused-ring (bicyclic) bond motifs is 2. The van der Waals surface area contributed by atoms with Crippen LogP contribution in [0.15, 0.2) is 95.8 Å². The molecule has 2 amide bonds. The molecule has 5 aliphatic rings. The number of hydroxylamine groups is 1. The summed E-state index contributed by atoms with van der Waals surface area (Å²) in [4.78, 5) is 52.1. The molecular formula is C56H63ClFN11O6. The van der Waals surface area contributed by atoms with Gasteiger partial charge in [0.05, 0.1) is 17.5 Å². The molecule has 17 nitrogen and oxygen atoms in total. The van der Waals surface area contributed by atoms with E-state index in [-0.39, 0.29) is 60.1 Å². The Morgan fingerprint density at radius 2 is 1.51 bits per heavy atom. The predicted octanol–water partition coefficient (Wildman–Crippen LogP) is 8.24. The summed E-state index contributed by atoms with van der Waals surface area (Å²) in [6.45, 7) is 7.28. The number of carbonyl (C=O) groups excluding carboxylic acids is 2. The molecule has 0 radical (unpaired) electrons. The maximum Gasteiger partial charge on any atom is 0.275 e. The van der Waals surface area contributed by atoms with Gasteiger partial charge < -0.3 is 44.9 Å². The number of aliphatic hydroxyl groups excluding tert-OH is 1. The van der Waals surface area contributed by atoms with E-state index in [1.807, 2.05) is 44.4 Å². The number of carbonyl (C=O) groups is 2. The maximum atomic E-state index is 14.4. The number of phenolic OH excluding ortho intramolecular Hbond substituents is 1. The molecule has 11 rings (SSSR count). The van der Waals surface area contributed by atoms with Gasteiger partial charge in [-0.2, -0.15) is 5.48 Å². The number of nitrogens with zero attached hydrogens (tertiary/aromatic N) is 9. The van der Waals surface area contributed by atoms with E-state index in [9.17, 15) is 24.2 Å². The lowest BCUT2D eigenvalue weighted by Gasteiger charge is -2.42. The Kier molecular flexibility index (Phi) is 14.3. The van der Waals surface area contributed by atoms with Crippen molar-refractivity contribution >= 4 is 40.9 Å². The number of piperidine rings is 1. The first-order chi connectivity index (χ1) is 36.4.